The van der Waals surface area contributed by atoms with Gasteiger partial charge in [-0.05, 0) is 41.4 Å². The van der Waals surface area contributed by atoms with E-state index in [1.807, 2.05) is 28.8 Å². The van der Waals surface area contributed by atoms with Gasteiger partial charge in [0.2, 0.25) is 0 Å². The first-order valence-electron chi connectivity index (χ1n) is 7.68. The van der Waals surface area contributed by atoms with Crippen LogP contribution in [0.1, 0.15) is 18.3 Å². The lowest BCUT2D eigenvalue weighted by molar-refractivity contribution is 0.763. The van der Waals surface area contributed by atoms with E-state index < -0.39 is 0 Å². The van der Waals surface area contributed by atoms with E-state index in [9.17, 15) is 0 Å². The Bertz CT molecular complexity index is 768. The fourth-order valence-electron chi connectivity index (χ4n) is 2.25. The molecule has 128 valence electrons. The van der Waals surface area contributed by atoms with Gasteiger partial charge in [0.25, 0.3) is 0 Å². The standard InChI is InChI=1S/C16H20N6S.HI/c1-2-17-16(19-11-13-7-10-23-12-13)18-8-6-15-21-20-14-5-3-4-9-22(14)15;/h3-5,7,9-10,12H,2,6,8,11H2,1H3,(H2,17,18,19);1H. The molecule has 0 saturated heterocycles. The molecule has 3 heterocycles. The summed E-state index contributed by atoms with van der Waals surface area (Å²) in [5, 5.41) is 19.2. The highest BCUT2D eigenvalue weighted by molar-refractivity contribution is 14.0. The summed E-state index contributed by atoms with van der Waals surface area (Å²) in [4.78, 5) is 4.60. The van der Waals surface area contributed by atoms with Gasteiger partial charge in [-0.25, -0.2) is 4.99 Å². The molecule has 0 aliphatic rings. The molecular formula is C16H21IN6S. The molecule has 0 saturated carbocycles. The zero-order valence-corrected chi connectivity index (χ0v) is 16.6. The molecule has 0 amide bonds. The molecule has 0 aliphatic heterocycles. The molecule has 0 radical (unpaired) electrons. The highest BCUT2D eigenvalue weighted by atomic mass is 127. The summed E-state index contributed by atoms with van der Waals surface area (Å²) < 4.78 is 2.01. The van der Waals surface area contributed by atoms with Gasteiger partial charge in [0.05, 0.1) is 6.54 Å². The SMILES string of the molecule is CCNC(=NCc1ccsc1)NCCc1nnc2ccccn12.I. The number of hydrogen-bond donors (Lipinski definition) is 2. The van der Waals surface area contributed by atoms with Crippen molar-refractivity contribution in [1.82, 2.24) is 25.2 Å². The number of aliphatic imine (C=N–C) groups is 1. The van der Waals surface area contributed by atoms with Crippen molar-refractivity contribution >= 4 is 46.9 Å². The summed E-state index contributed by atoms with van der Waals surface area (Å²) in [7, 11) is 0. The first kappa shape index (κ1) is 18.7. The predicted molar refractivity (Wildman–Crippen MR) is 109 cm³/mol. The minimum atomic E-state index is 0. The van der Waals surface area contributed by atoms with Gasteiger partial charge in [-0.3, -0.25) is 4.40 Å². The lowest BCUT2D eigenvalue weighted by Crippen LogP contribution is -2.38. The van der Waals surface area contributed by atoms with E-state index in [1.54, 1.807) is 11.3 Å². The van der Waals surface area contributed by atoms with Crippen molar-refractivity contribution in [2.75, 3.05) is 13.1 Å². The summed E-state index contributed by atoms with van der Waals surface area (Å²) in [5.74, 6) is 1.77. The fourth-order valence-corrected chi connectivity index (χ4v) is 2.91. The molecule has 2 N–H and O–H groups in total. The van der Waals surface area contributed by atoms with Gasteiger partial charge in [0.15, 0.2) is 11.6 Å². The van der Waals surface area contributed by atoms with Crippen molar-refractivity contribution in [3.63, 3.8) is 0 Å². The van der Waals surface area contributed by atoms with Crippen molar-refractivity contribution < 1.29 is 0 Å². The quantitative estimate of drug-likeness (QED) is 0.340. The van der Waals surface area contributed by atoms with Gasteiger partial charge < -0.3 is 10.6 Å². The molecule has 0 atom stereocenters. The number of nitrogens with zero attached hydrogens (tertiary/aromatic N) is 4. The molecule has 3 aromatic rings. The van der Waals surface area contributed by atoms with E-state index in [2.05, 4.69) is 49.6 Å². The summed E-state index contributed by atoms with van der Waals surface area (Å²) in [6.45, 7) is 4.34. The highest BCUT2D eigenvalue weighted by Crippen LogP contribution is 2.07. The Labute approximate surface area is 162 Å². The third kappa shape index (κ3) is 4.91. The highest BCUT2D eigenvalue weighted by Gasteiger charge is 2.04. The van der Waals surface area contributed by atoms with Crippen LogP contribution in [0.15, 0.2) is 46.2 Å². The van der Waals surface area contributed by atoms with Crippen LogP contribution in [-0.4, -0.2) is 33.6 Å². The average molecular weight is 456 g/mol. The monoisotopic (exact) mass is 456 g/mol. The number of halogens is 1. The number of guanidine groups is 1. The normalized spacial score (nSPS) is 11.3. The van der Waals surface area contributed by atoms with E-state index in [0.29, 0.717) is 6.54 Å². The first-order valence-corrected chi connectivity index (χ1v) is 8.63. The topological polar surface area (TPSA) is 66.6 Å². The van der Waals surface area contributed by atoms with E-state index in [-0.39, 0.29) is 24.0 Å². The Morgan fingerprint density at radius 1 is 1.25 bits per heavy atom. The molecular weight excluding hydrogens is 435 g/mol. The van der Waals surface area contributed by atoms with Crippen LogP contribution in [0.25, 0.3) is 5.65 Å². The van der Waals surface area contributed by atoms with Crippen LogP contribution in [0.3, 0.4) is 0 Å². The van der Waals surface area contributed by atoms with Crippen molar-refractivity contribution in [3.05, 3.63) is 52.6 Å². The number of nitrogens with one attached hydrogen (secondary N) is 2. The molecule has 0 aromatic carbocycles. The molecule has 0 unspecified atom stereocenters. The zero-order chi connectivity index (χ0) is 15.9. The summed E-state index contributed by atoms with van der Waals surface area (Å²) in [5.41, 5.74) is 2.11. The smallest absolute Gasteiger partial charge is 0.191 e. The van der Waals surface area contributed by atoms with Crippen LogP contribution >= 0.6 is 35.3 Å². The summed E-state index contributed by atoms with van der Waals surface area (Å²) >= 11 is 1.69. The van der Waals surface area contributed by atoms with Crippen molar-refractivity contribution in [2.24, 2.45) is 4.99 Å². The summed E-state index contributed by atoms with van der Waals surface area (Å²) in [6, 6.07) is 8.00. The van der Waals surface area contributed by atoms with Crippen LogP contribution in [0.4, 0.5) is 0 Å². The Morgan fingerprint density at radius 3 is 2.96 bits per heavy atom. The fraction of sp³-hybridized carbons (Fsp3) is 0.312. The maximum Gasteiger partial charge on any atom is 0.191 e. The van der Waals surface area contributed by atoms with Crippen LogP contribution in [0, 0.1) is 0 Å². The molecule has 3 aromatic heterocycles. The third-order valence-electron chi connectivity index (χ3n) is 3.37. The van der Waals surface area contributed by atoms with Gasteiger partial charge in [-0.15, -0.1) is 34.2 Å². The van der Waals surface area contributed by atoms with Crippen LogP contribution < -0.4 is 10.6 Å². The van der Waals surface area contributed by atoms with Crippen LogP contribution in [0.2, 0.25) is 0 Å². The minimum Gasteiger partial charge on any atom is -0.357 e. The Morgan fingerprint density at radius 2 is 2.17 bits per heavy atom. The van der Waals surface area contributed by atoms with Gasteiger partial charge in [0.1, 0.15) is 5.82 Å². The van der Waals surface area contributed by atoms with E-state index in [4.69, 9.17) is 0 Å². The predicted octanol–water partition coefficient (Wildman–Crippen LogP) is 2.71. The number of pyridine rings is 1. The Kier molecular flexibility index (Phi) is 7.44. The molecule has 8 heteroatoms. The molecule has 6 nitrogen and oxygen atoms in total. The lowest BCUT2D eigenvalue weighted by atomic mass is 10.3. The maximum atomic E-state index is 4.60. The Balaban J connectivity index is 0.00000208. The molecule has 0 spiro atoms. The van der Waals surface area contributed by atoms with E-state index >= 15 is 0 Å². The van der Waals surface area contributed by atoms with Gasteiger partial charge in [-0.1, -0.05) is 6.07 Å². The second kappa shape index (κ2) is 9.58. The van der Waals surface area contributed by atoms with Crippen molar-refractivity contribution in [1.29, 1.82) is 0 Å². The van der Waals surface area contributed by atoms with Gasteiger partial charge in [-0.2, -0.15) is 11.3 Å². The number of hydrogen-bond acceptors (Lipinski definition) is 4. The summed E-state index contributed by atoms with van der Waals surface area (Å²) in [6.07, 6.45) is 2.77. The second-order valence-electron chi connectivity index (χ2n) is 5.05. The van der Waals surface area contributed by atoms with Gasteiger partial charge >= 0.3 is 0 Å². The van der Waals surface area contributed by atoms with E-state index in [1.165, 1.54) is 5.56 Å². The van der Waals surface area contributed by atoms with E-state index in [0.717, 1.165) is 36.9 Å². The molecule has 0 fully saturated rings. The largest absolute Gasteiger partial charge is 0.357 e. The maximum absolute atomic E-state index is 4.60. The minimum absolute atomic E-state index is 0. The lowest BCUT2D eigenvalue weighted by Gasteiger charge is -2.10. The Hall–Kier alpha value is -1.68. The third-order valence-corrected chi connectivity index (χ3v) is 4.10. The molecule has 3 rings (SSSR count). The zero-order valence-electron chi connectivity index (χ0n) is 13.5. The van der Waals surface area contributed by atoms with Crippen LogP contribution in [0.5, 0.6) is 0 Å². The number of aromatic nitrogens is 3. The van der Waals surface area contributed by atoms with Crippen molar-refractivity contribution in [2.45, 2.75) is 19.9 Å². The number of fused-ring (bicyclic) bond motifs is 1. The van der Waals surface area contributed by atoms with Crippen molar-refractivity contribution in [3.8, 4) is 0 Å². The average Bonchev–Trinajstić information content (AvgIpc) is 3.22. The molecule has 24 heavy (non-hydrogen) atoms. The molecule has 0 bridgehead atoms. The number of rotatable bonds is 6. The second-order valence-corrected chi connectivity index (χ2v) is 5.83. The number of thiophene rings is 1. The van der Waals surface area contributed by atoms with Crippen LogP contribution in [-0.2, 0) is 13.0 Å². The molecule has 0 aliphatic carbocycles. The first-order chi connectivity index (χ1) is 11.4. The van der Waals surface area contributed by atoms with Gasteiger partial charge in [0, 0.05) is 25.7 Å².